The third-order valence-electron chi connectivity index (χ3n) is 2.19. The molecular weight excluding hydrogens is 231 g/mol. The Bertz CT molecular complexity index is 479. The highest BCUT2D eigenvalue weighted by Crippen LogP contribution is 2.15. The van der Waals surface area contributed by atoms with Gasteiger partial charge in [-0.05, 0) is 18.6 Å². The van der Waals surface area contributed by atoms with Crippen molar-refractivity contribution in [3.63, 3.8) is 0 Å². The molecule has 17 heavy (non-hydrogen) atoms. The lowest BCUT2D eigenvalue weighted by atomic mass is 10.1. The normalized spacial score (nSPS) is 11.7. The molecular formula is C12H10F3NO. The lowest BCUT2D eigenvalue weighted by Gasteiger charge is -2.11. The van der Waals surface area contributed by atoms with Crippen LogP contribution in [0.4, 0.5) is 13.2 Å². The summed E-state index contributed by atoms with van der Waals surface area (Å²) in [6.45, 7) is 1.73. The SMILES string of the molecule is C#CC(CC)NC(=O)c1ccc(F)c(F)c1F. The molecule has 0 fully saturated rings. The average Bonchev–Trinajstić information content (AvgIpc) is 2.32. The van der Waals surface area contributed by atoms with Crippen LogP contribution in [0.2, 0.25) is 0 Å². The lowest BCUT2D eigenvalue weighted by Crippen LogP contribution is -2.33. The van der Waals surface area contributed by atoms with Gasteiger partial charge in [-0.3, -0.25) is 4.79 Å². The molecule has 0 aromatic heterocycles. The molecule has 0 saturated carbocycles. The van der Waals surface area contributed by atoms with Crippen molar-refractivity contribution in [2.45, 2.75) is 19.4 Å². The van der Waals surface area contributed by atoms with E-state index in [0.29, 0.717) is 12.5 Å². The highest BCUT2D eigenvalue weighted by atomic mass is 19.2. The number of nitrogens with one attached hydrogen (secondary N) is 1. The first kappa shape index (κ1) is 13.1. The van der Waals surface area contributed by atoms with Crippen LogP contribution in [0.25, 0.3) is 0 Å². The number of hydrogen-bond acceptors (Lipinski definition) is 1. The van der Waals surface area contributed by atoms with Crippen LogP contribution in [0.3, 0.4) is 0 Å². The van der Waals surface area contributed by atoms with Crippen LogP contribution >= 0.6 is 0 Å². The van der Waals surface area contributed by atoms with Crippen LogP contribution in [-0.2, 0) is 0 Å². The van der Waals surface area contributed by atoms with Gasteiger partial charge in [-0.15, -0.1) is 6.42 Å². The van der Waals surface area contributed by atoms with E-state index in [9.17, 15) is 18.0 Å². The minimum absolute atomic E-state index is 0.452. The fourth-order valence-corrected chi connectivity index (χ4v) is 1.20. The number of terminal acetylenes is 1. The predicted octanol–water partition coefficient (Wildman–Crippen LogP) is 2.25. The fourth-order valence-electron chi connectivity index (χ4n) is 1.20. The zero-order valence-electron chi connectivity index (χ0n) is 9.06. The van der Waals surface area contributed by atoms with Crippen LogP contribution in [0.1, 0.15) is 23.7 Å². The molecule has 0 radical (unpaired) electrons. The van der Waals surface area contributed by atoms with Gasteiger partial charge in [-0.25, -0.2) is 13.2 Å². The number of rotatable bonds is 3. The minimum Gasteiger partial charge on any atom is -0.338 e. The third-order valence-corrected chi connectivity index (χ3v) is 2.19. The molecule has 1 N–H and O–H groups in total. The monoisotopic (exact) mass is 241 g/mol. The quantitative estimate of drug-likeness (QED) is 0.638. The molecule has 0 aliphatic rings. The summed E-state index contributed by atoms with van der Waals surface area (Å²) in [6, 6.07) is 0.978. The largest absolute Gasteiger partial charge is 0.338 e. The van der Waals surface area contributed by atoms with Crippen molar-refractivity contribution < 1.29 is 18.0 Å². The summed E-state index contributed by atoms with van der Waals surface area (Å²) >= 11 is 0. The Morgan fingerprint density at radius 3 is 2.59 bits per heavy atom. The molecule has 0 aliphatic heterocycles. The number of hydrogen-bond donors (Lipinski definition) is 1. The van der Waals surface area contributed by atoms with Crippen LogP contribution in [0, 0.1) is 29.8 Å². The van der Waals surface area contributed by atoms with Gasteiger partial charge in [0.25, 0.3) is 5.91 Å². The number of amides is 1. The Labute approximate surface area is 96.8 Å². The summed E-state index contributed by atoms with van der Waals surface area (Å²) in [5.41, 5.74) is -0.572. The molecule has 1 atom stereocenters. The number of halogens is 3. The molecule has 0 heterocycles. The molecule has 1 unspecified atom stereocenters. The van der Waals surface area contributed by atoms with E-state index < -0.39 is 35.0 Å². The first-order valence-corrected chi connectivity index (χ1v) is 4.91. The molecule has 0 bridgehead atoms. The van der Waals surface area contributed by atoms with Gasteiger partial charge in [0, 0.05) is 0 Å². The Balaban J connectivity index is 2.98. The first-order valence-electron chi connectivity index (χ1n) is 4.91. The van der Waals surface area contributed by atoms with Crippen LogP contribution in [0.15, 0.2) is 12.1 Å². The number of carbonyl (C=O) groups is 1. The zero-order chi connectivity index (χ0) is 13.0. The van der Waals surface area contributed by atoms with Gasteiger partial charge in [0.2, 0.25) is 0 Å². The fraction of sp³-hybridized carbons (Fsp3) is 0.250. The van der Waals surface area contributed by atoms with Crippen molar-refractivity contribution in [2.75, 3.05) is 0 Å². The van der Waals surface area contributed by atoms with Gasteiger partial charge in [0.15, 0.2) is 17.5 Å². The molecule has 1 aromatic rings. The van der Waals surface area contributed by atoms with E-state index in [-0.39, 0.29) is 0 Å². The standard InChI is InChI=1S/C12H10F3NO/c1-3-7(4-2)16-12(17)8-5-6-9(13)11(15)10(8)14/h1,5-7H,4H2,2H3,(H,16,17). The number of carbonyl (C=O) groups excluding carboxylic acids is 1. The van der Waals surface area contributed by atoms with E-state index in [4.69, 9.17) is 6.42 Å². The summed E-state index contributed by atoms with van der Waals surface area (Å²) in [5, 5.41) is 2.32. The van der Waals surface area contributed by atoms with Crippen molar-refractivity contribution in [2.24, 2.45) is 0 Å². The molecule has 0 aliphatic carbocycles. The van der Waals surface area contributed by atoms with E-state index in [2.05, 4.69) is 11.2 Å². The predicted molar refractivity (Wildman–Crippen MR) is 56.7 cm³/mol. The highest BCUT2D eigenvalue weighted by Gasteiger charge is 2.19. The van der Waals surface area contributed by atoms with Crippen molar-refractivity contribution in [3.05, 3.63) is 35.1 Å². The molecule has 2 nitrogen and oxygen atoms in total. The first-order chi connectivity index (χ1) is 8.01. The molecule has 1 rings (SSSR count). The maximum absolute atomic E-state index is 13.2. The summed E-state index contributed by atoms with van der Waals surface area (Å²) in [7, 11) is 0. The summed E-state index contributed by atoms with van der Waals surface area (Å²) in [4.78, 5) is 11.5. The number of benzene rings is 1. The summed E-state index contributed by atoms with van der Waals surface area (Å²) in [6.07, 6.45) is 5.56. The van der Waals surface area contributed by atoms with Crippen molar-refractivity contribution in [1.82, 2.24) is 5.32 Å². The minimum atomic E-state index is -1.67. The maximum atomic E-state index is 13.2. The Morgan fingerprint density at radius 1 is 1.41 bits per heavy atom. The van der Waals surface area contributed by atoms with E-state index in [1.165, 1.54) is 0 Å². The van der Waals surface area contributed by atoms with Crippen molar-refractivity contribution in [1.29, 1.82) is 0 Å². The second-order valence-electron chi connectivity index (χ2n) is 3.32. The van der Waals surface area contributed by atoms with Crippen LogP contribution < -0.4 is 5.32 Å². The van der Waals surface area contributed by atoms with Gasteiger partial charge in [0.05, 0.1) is 11.6 Å². The van der Waals surface area contributed by atoms with Gasteiger partial charge >= 0.3 is 0 Å². The second kappa shape index (κ2) is 5.39. The average molecular weight is 241 g/mol. The zero-order valence-corrected chi connectivity index (χ0v) is 9.06. The lowest BCUT2D eigenvalue weighted by molar-refractivity contribution is 0.0939. The molecule has 0 saturated heterocycles. The van der Waals surface area contributed by atoms with Crippen molar-refractivity contribution in [3.8, 4) is 12.3 Å². The Morgan fingerprint density at radius 2 is 2.06 bits per heavy atom. The van der Waals surface area contributed by atoms with Gasteiger partial charge in [-0.1, -0.05) is 12.8 Å². The third kappa shape index (κ3) is 2.78. The highest BCUT2D eigenvalue weighted by molar-refractivity contribution is 5.94. The van der Waals surface area contributed by atoms with E-state index >= 15 is 0 Å². The Hall–Kier alpha value is -1.96. The van der Waals surface area contributed by atoms with E-state index in [1.54, 1.807) is 6.92 Å². The molecule has 5 heteroatoms. The van der Waals surface area contributed by atoms with E-state index in [1.807, 2.05) is 0 Å². The molecule has 90 valence electrons. The molecule has 1 amide bonds. The maximum Gasteiger partial charge on any atom is 0.255 e. The van der Waals surface area contributed by atoms with Gasteiger partial charge in [0.1, 0.15) is 0 Å². The summed E-state index contributed by atoms with van der Waals surface area (Å²) < 4.78 is 38.8. The topological polar surface area (TPSA) is 29.1 Å². The van der Waals surface area contributed by atoms with Gasteiger partial charge in [-0.2, -0.15) is 0 Å². The van der Waals surface area contributed by atoms with Crippen molar-refractivity contribution >= 4 is 5.91 Å². The van der Waals surface area contributed by atoms with Crippen LogP contribution in [0.5, 0.6) is 0 Å². The summed E-state index contributed by atoms with van der Waals surface area (Å²) in [5.74, 6) is -3.13. The Kier molecular flexibility index (Phi) is 4.16. The van der Waals surface area contributed by atoms with Gasteiger partial charge < -0.3 is 5.32 Å². The molecule has 0 spiro atoms. The second-order valence-corrected chi connectivity index (χ2v) is 3.32. The smallest absolute Gasteiger partial charge is 0.255 e. The molecule has 1 aromatic carbocycles. The van der Waals surface area contributed by atoms with E-state index in [0.717, 1.165) is 6.07 Å². The van der Waals surface area contributed by atoms with Crippen LogP contribution in [-0.4, -0.2) is 11.9 Å².